The maximum atomic E-state index is 13.0. The fourth-order valence-corrected chi connectivity index (χ4v) is 7.86. The molecule has 7 nitrogen and oxygen atoms in total. The standard InChI is InChI=1S/C32H43N3O4/c1-20(33-18-28(36)25-7-8-29-26(14-25)19-38-31(2,3)39-29)9-21-5-4-6-27(13-21)34-30(37)35-32-15-22-10-23(16-32)12-24(11-22)17-32/h4-8,13-14,20,22-24,28,33,36H,9-12,15-19H2,1-3H3,(H2,34,35,37)/t20?,22?,23?,24?,28-,32?/m0/s1. The maximum Gasteiger partial charge on any atom is 0.319 e. The number of carbonyl (C=O) groups is 1. The van der Waals surface area contributed by atoms with E-state index in [2.05, 4.69) is 35.0 Å². The number of benzene rings is 2. The molecule has 2 amide bonds. The van der Waals surface area contributed by atoms with E-state index in [-0.39, 0.29) is 17.6 Å². The molecule has 7 heteroatoms. The lowest BCUT2D eigenvalue weighted by Crippen LogP contribution is -2.60. The quantitative estimate of drug-likeness (QED) is 0.351. The Labute approximate surface area is 232 Å². The zero-order valence-electron chi connectivity index (χ0n) is 23.5. The molecule has 4 N–H and O–H groups in total. The average Bonchev–Trinajstić information content (AvgIpc) is 2.85. The number of fused-ring (bicyclic) bond motifs is 1. The highest BCUT2D eigenvalue weighted by Gasteiger charge is 2.51. The molecule has 2 aromatic carbocycles. The number of hydrogen-bond donors (Lipinski definition) is 4. The topological polar surface area (TPSA) is 91.9 Å². The molecule has 1 unspecified atom stereocenters. The lowest BCUT2D eigenvalue weighted by atomic mass is 9.53. The lowest BCUT2D eigenvalue weighted by molar-refractivity contribution is -0.180. The number of carbonyl (C=O) groups excluding carboxylic acids is 1. The predicted molar refractivity (Wildman–Crippen MR) is 152 cm³/mol. The molecule has 210 valence electrons. The molecule has 1 aliphatic heterocycles. The minimum absolute atomic E-state index is 0.00437. The molecule has 4 fully saturated rings. The Morgan fingerprint density at radius 2 is 1.77 bits per heavy atom. The van der Waals surface area contributed by atoms with Gasteiger partial charge in [-0.15, -0.1) is 0 Å². The van der Waals surface area contributed by atoms with E-state index in [0.29, 0.717) is 13.2 Å². The summed E-state index contributed by atoms with van der Waals surface area (Å²) in [4.78, 5) is 13.0. The number of aliphatic hydroxyl groups excluding tert-OH is 1. The van der Waals surface area contributed by atoms with E-state index in [9.17, 15) is 9.90 Å². The molecule has 4 saturated carbocycles. The van der Waals surface area contributed by atoms with Gasteiger partial charge in [-0.1, -0.05) is 18.2 Å². The Morgan fingerprint density at radius 1 is 1.05 bits per heavy atom. The Morgan fingerprint density at radius 3 is 2.49 bits per heavy atom. The third-order valence-electron chi connectivity index (χ3n) is 9.20. The SMILES string of the molecule is CC(Cc1cccc(NC(=O)NC23CC4CC(CC(C4)C2)C3)c1)NC[C@H](O)c1ccc2c(c1)COC(C)(C)O2. The molecule has 0 aromatic heterocycles. The molecule has 0 radical (unpaired) electrons. The number of rotatable bonds is 8. The van der Waals surface area contributed by atoms with Gasteiger partial charge in [-0.05, 0) is 105 Å². The van der Waals surface area contributed by atoms with Crippen LogP contribution in [0, 0.1) is 17.8 Å². The van der Waals surface area contributed by atoms with Gasteiger partial charge < -0.3 is 30.5 Å². The van der Waals surface area contributed by atoms with E-state index < -0.39 is 11.9 Å². The molecule has 2 atom stereocenters. The molecule has 4 aliphatic carbocycles. The molecular formula is C32H43N3O4. The molecule has 0 spiro atoms. The van der Waals surface area contributed by atoms with E-state index in [4.69, 9.17) is 9.47 Å². The first-order chi connectivity index (χ1) is 18.6. The van der Waals surface area contributed by atoms with Crippen LogP contribution in [0.3, 0.4) is 0 Å². The molecule has 0 saturated heterocycles. The van der Waals surface area contributed by atoms with E-state index in [1.54, 1.807) is 0 Å². The van der Waals surface area contributed by atoms with Crippen molar-refractivity contribution < 1.29 is 19.4 Å². The van der Waals surface area contributed by atoms with Crippen LogP contribution in [0.15, 0.2) is 42.5 Å². The van der Waals surface area contributed by atoms with Gasteiger partial charge in [0.1, 0.15) is 5.75 Å². The van der Waals surface area contributed by atoms with Crippen molar-refractivity contribution in [1.29, 1.82) is 0 Å². The maximum absolute atomic E-state index is 13.0. The van der Waals surface area contributed by atoms with Crippen molar-refractivity contribution in [2.75, 3.05) is 11.9 Å². The van der Waals surface area contributed by atoms with Crippen LogP contribution in [-0.2, 0) is 17.8 Å². The van der Waals surface area contributed by atoms with Gasteiger partial charge in [0.05, 0.1) is 12.7 Å². The van der Waals surface area contributed by atoms with Crippen LogP contribution in [0.5, 0.6) is 5.75 Å². The monoisotopic (exact) mass is 533 g/mol. The molecule has 5 aliphatic rings. The number of aliphatic hydroxyl groups is 1. The number of amides is 2. The van der Waals surface area contributed by atoms with E-state index in [1.807, 2.05) is 44.2 Å². The Hall–Kier alpha value is -2.61. The van der Waals surface area contributed by atoms with Crippen molar-refractivity contribution in [3.05, 3.63) is 59.2 Å². The molecule has 39 heavy (non-hydrogen) atoms. The molecule has 1 heterocycles. The van der Waals surface area contributed by atoms with Gasteiger partial charge in [0.25, 0.3) is 0 Å². The molecular weight excluding hydrogens is 490 g/mol. The van der Waals surface area contributed by atoms with Crippen LogP contribution < -0.4 is 20.7 Å². The summed E-state index contributed by atoms with van der Waals surface area (Å²) in [6.45, 7) is 6.82. The van der Waals surface area contributed by atoms with Crippen molar-refractivity contribution in [2.45, 2.75) is 95.8 Å². The lowest BCUT2D eigenvalue weighted by Gasteiger charge is -2.56. The Balaban J connectivity index is 0.992. The molecule has 2 aromatic rings. The van der Waals surface area contributed by atoms with E-state index >= 15 is 0 Å². The van der Waals surface area contributed by atoms with Gasteiger partial charge >= 0.3 is 6.03 Å². The molecule has 7 rings (SSSR count). The third-order valence-corrected chi connectivity index (χ3v) is 9.20. The first kappa shape index (κ1) is 26.6. The van der Waals surface area contributed by atoms with Crippen LogP contribution >= 0.6 is 0 Å². The Bertz CT molecular complexity index is 1180. The van der Waals surface area contributed by atoms with Crippen molar-refractivity contribution >= 4 is 11.7 Å². The summed E-state index contributed by atoms with van der Waals surface area (Å²) in [6.07, 6.45) is 7.69. The zero-order chi connectivity index (χ0) is 27.2. The van der Waals surface area contributed by atoms with E-state index in [1.165, 1.54) is 19.3 Å². The van der Waals surface area contributed by atoms with Gasteiger partial charge in [0.2, 0.25) is 5.79 Å². The summed E-state index contributed by atoms with van der Waals surface area (Å²) in [6, 6.07) is 14.0. The van der Waals surface area contributed by atoms with Gasteiger partial charge in [0, 0.05) is 43.2 Å². The second-order valence-electron chi connectivity index (χ2n) is 13.2. The third kappa shape index (κ3) is 6.11. The zero-order valence-corrected chi connectivity index (χ0v) is 23.5. The normalized spacial score (nSPS) is 29.7. The number of nitrogens with one attached hydrogen (secondary N) is 3. The highest BCUT2D eigenvalue weighted by atomic mass is 16.7. The summed E-state index contributed by atoms with van der Waals surface area (Å²) in [5.74, 6) is 2.58. The van der Waals surface area contributed by atoms with Gasteiger partial charge in [0.15, 0.2) is 0 Å². The second-order valence-corrected chi connectivity index (χ2v) is 13.2. The largest absolute Gasteiger partial charge is 0.463 e. The highest BCUT2D eigenvalue weighted by Crippen LogP contribution is 2.55. The minimum atomic E-state index is -0.631. The average molecular weight is 534 g/mol. The number of anilines is 1. The predicted octanol–water partition coefficient (Wildman–Crippen LogP) is 5.68. The van der Waals surface area contributed by atoms with Crippen LogP contribution in [0.25, 0.3) is 0 Å². The van der Waals surface area contributed by atoms with Crippen LogP contribution in [0.1, 0.15) is 82.1 Å². The van der Waals surface area contributed by atoms with Gasteiger partial charge in [-0.25, -0.2) is 4.79 Å². The first-order valence-electron chi connectivity index (χ1n) is 14.7. The summed E-state index contributed by atoms with van der Waals surface area (Å²) in [5.41, 5.74) is 3.77. The van der Waals surface area contributed by atoms with Crippen LogP contribution in [-0.4, -0.2) is 35.1 Å². The fraction of sp³-hybridized carbons (Fsp3) is 0.594. The number of urea groups is 1. The highest BCUT2D eigenvalue weighted by molar-refractivity contribution is 5.89. The summed E-state index contributed by atoms with van der Waals surface area (Å²) >= 11 is 0. The number of ether oxygens (including phenoxy) is 2. The second kappa shape index (κ2) is 10.4. The van der Waals surface area contributed by atoms with Gasteiger partial charge in [-0.2, -0.15) is 0 Å². The van der Waals surface area contributed by atoms with Crippen LogP contribution in [0.2, 0.25) is 0 Å². The fourth-order valence-electron chi connectivity index (χ4n) is 7.86. The first-order valence-corrected chi connectivity index (χ1v) is 14.7. The summed E-state index contributed by atoms with van der Waals surface area (Å²) < 4.78 is 11.6. The van der Waals surface area contributed by atoms with E-state index in [0.717, 1.165) is 71.6 Å². The van der Waals surface area contributed by atoms with Crippen molar-refractivity contribution in [3.8, 4) is 5.75 Å². The Kier molecular flexibility index (Phi) is 7.11. The van der Waals surface area contributed by atoms with Crippen molar-refractivity contribution in [3.63, 3.8) is 0 Å². The summed E-state index contributed by atoms with van der Waals surface area (Å²) in [7, 11) is 0. The number of hydrogen-bond acceptors (Lipinski definition) is 5. The van der Waals surface area contributed by atoms with Gasteiger partial charge in [-0.3, -0.25) is 0 Å². The smallest absolute Gasteiger partial charge is 0.319 e. The van der Waals surface area contributed by atoms with Crippen molar-refractivity contribution in [2.24, 2.45) is 17.8 Å². The van der Waals surface area contributed by atoms with Crippen LogP contribution in [0.4, 0.5) is 10.5 Å². The van der Waals surface area contributed by atoms with Crippen molar-refractivity contribution in [1.82, 2.24) is 10.6 Å². The minimum Gasteiger partial charge on any atom is -0.463 e. The summed E-state index contributed by atoms with van der Waals surface area (Å²) in [5, 5.41) is 20.8. The molecule has 4 bridgehead atoms.